The molecule has 5 aliphatic rings. The van der Waals surface area contributed by atoms with Crippen molar-refractivity contribution in [2.75, 3.05) is 20.8 Å². The van der Waals surface area contributed by atoms with Crippen molar-refractivity contribution in [1.82, 2.24) is 0 Å². The van der Waals surface area contributed by atoms with Crippen LogP contribution in [0.2, 0.25) is 0 Å². The van der Waals surface area contributed by atoms with Gasteiger partial charge in [0.15, 0.2) is 0 Å². The van der Waals surface area contributed by atoms with Crippen LogP contribution in [-0.2, 0) is 23.8 Å². The molecule has 1 saturated heterocycles. The molecule has 208 valence electrons. The Morgan fingerprint density at radius 2 is 1.57 bits per heavy atom. The largest absolute Gasteiger partial charge is 0.468 e. The molecule has 4 saturated carbocycles. The number of esters is 2. The summed E-state index contributed by atoms with van der Waals surface area (Å²) in [6.07, 6.45) is 9.16. The molecule has 5 heteroatoms. The quantitative estimate of drug-likeness (QED) is 0.308. The topological polar surface area (TPSA) is 61.8 Å². The standard InChI is InChI=1S/C32H50O5/c1-19(2)23(26(33)35-8)20-12-13-30(6)22(31(20,7)27(34)36-9)11-10-21-24-25-28(3,4)14-16-32(24,18-37-25)17-15-29(21,30)5/h19,21-22,24-25H,10-18H2,1-9H3/b23-20-/t21-,22+,24-,25-,29-,30-,31+,32-/m1/s1. The van der Waals surface area contributed by atoms with Gasteiger partial charge in [-0.25, -0.2) is 4.79 Å². The zero-order valence-electron chi connectivity index (χ0n) is 24.8. The molecular formula is C32H50O5. The van der Waals surface area contributed by atoms with Gasteiger partial charge in [0.1, 0.15) is 0 Å². The van der Waals surface area contributed by atoms with Crippen molar-refractivity contribution in [2.45, 2.75) is 106 Å². The van der Waals surface area contributed by atoms with E-state index in [1.165, 1.54) is 39.9 Å². The van der Waals surface area contributed by atoms with Gasteiger partial charge < -0.3 is 14.2 Å². The van der Waals surface area contributed by atoms with Gasteiger partial charge >= 0.3 is 11.9 Å². The van der Waals surface area contributed by atoms with Gasteiger partial charge in [0.25, 0.3) is 0 Å². The molecule has 0 aromatic carbocycles. The highest BCUT2D eigenvalue weighted by molar-refractivity contribution is 5.93. The molecule has 0 aromatic rings. The van der Waals surface area contributed by atoms with E-state index in [4.69, 9.17) is 14.2 Å². The van der Waals surface area contributed by atoms with Gasteiger partial charge in [-0.2, -0.15) is 0 Å². The Morgan fingerprint density at radius 3 is 2.19 bits per heavy atom. The molecule has 2 bridgehead atoms. The van der Waals surface area contributed by atoms with Gasteiger partial charge in [0.05, 0.1) is 32.3 Å². The molecule has 0 unspecified atom stereocenters. The second kappa shape index (κ2) is 8.57. The first kappa shape index (κ1) is 27.2. The molecule has 0 amide bonds. The molecule has 0 aromatic heterocycles. The summed E-state index contributed by atoms with van der Waals surface area (Å²) >= 11 is 0. The Hall–Kier alpha value is -1.36. The zero-order chi connectivity index (χ0) is 27.2. The molecule has 8 atom stereocenters. The number of fused-ring (bicyclic) bond motifs is 3. The number of ether oxygens (including phenoxy) is 3. The number of carbonyl (C=O) groups is 2. The van der Waals surface area contributed by atoms with Crippen LogP contribution in [0.25, 0.3) is 0 Å². The predicted octanol–water partition coefficient (Wildman–Crippen LogP) is 6.74. The average molecular weight is 515 g/mol. The Kier molecular flexibility index (Phi) is 6.30. The van der Waals surface area contributed by atoms with Gasteiger partial charge in [-0.15, -0.1) is 0 Å². The van der Waals surface area contributed by atoms with Crippen molar-refractivity contribution in [3.8, 4) is 0 Å². The monoisotopic (exact) mass is 514 g/mol. The molecule has 5 fully saturated rings. The summed E-state index contributed by atoms with van der Waals surface area (Å²) in [7, 11) is 2.95. The first-order valence-corrected chi connectivity index (χ1v) is 14.8. The van der Waals surface area contributed by atoms with E-state index in [9.17, 15) is 9.59 Å². The van der Waals surface area contributed by atoms with E-state index in [1.54, 1.807) is 0 Å². The van der Waals surface area contributed by atoms with Crippen molar-refractivity contribution < 1.29 is 23.8 Å². The Labute approximate surface area is 224 Å². The number of hydrogen-bond acceptors (Lipinski definition) is 5. The van der Waals surface area contributed by atoms with E-state index in [1.807, 2.05) is 13.8 Å². The van der Waals surface area contributed by atoms with Crippen LogP contribution in [-0.4, -0.2) is 38.9 Å². The van der Waals surface area contributed by atoms with Gasteiger partial charge in [-0.3, -0.25) is 4.79 Å². The lowest BCUT2D eigenvalue weighted by Gasteiger charge is -2.70. The van der Waals surface area contributed by atoms with Crippen LogP contribution in [0.4, 0.5) is 0 Å². The summed E-state index contributed by atoms with van der Waals surface area (Å²) in [4.78, 5) is 26.8. The van der Waals surface area contributed by atoms with Gasteiger partial charge in [0.2, 0.25) is 0 Å². The van der Waals surface area contributed by atoms with Crippen LogP contribution in [0.1, 0.15) is 99.8 Å². The van der Waals surface area contributed by atoms with E-state index < -0.39 is 5.41 Å². The number of methoxy groups -OCH3 is 2. The minimum atomic E-state index is -0.833. The fourth-order valence-corrected chi connectivity index (χ4v) is 10.8. The first-order valence-electron chi connectivity index (χ1n) is 14.8. The van der Waals surface area contributed by atoms with E-state index in [0.717, 1.165) is 37.9 Å². The summed E-state index contributed by atoms with van der Waals surface area (Å²) in [5, 5.41) is 0. The van der Waals surface area contributed by atoms with Crippen LogP contribution < -0.4 is 0 Å². The molecule has 5 nitrogen and oxygen atoms in total. The van der Waals surface area contributed by atoms with E-state index >= 15 is 0 Å². The van der Waals surface area contributed by atoms with Crippen LogP contribution in [0.5, 0.6) is 0 Å². The normalized spacial score (nSPS) is 47.4. The van der Waals surface area contributed by atoms with Crippen LogP contribution in [0.3, 0.4) is 0 Å². The smallest absolute Gasteiger partial charge is 0.333 e. The molecule has 37 heavy (non-hydrogen) atoms. The molecule has 0 spiro atoms. The van der Waals surface area contributed by atoms with Crippen LogP contribution in [0, 0.1) is 50.7 Å². The fraction of sp³-hybridized carbons (Fsp3) is 0.875. The lowest BCUT2D eigenvalue weighted by molar-refractivity contribution is -0.212. The highest BCUT2D eigenvalue weighted by atomic mass is 16.5. The third kappa shape index (κ3) is 3.37. The zero-order valence-corrected chi connectivity index (χ0v) is 24.8. The van der Waals surface area contributed by atoms with E-state index in [0.29, 0.717) is 28.9 Å². The third-order valence-electron chi connectivity index (χ3n) is 13.0. The first-order chi connectivity index (χ1) is 17.2. The summed E-state index contributed by atoms with van der Waals surface area (Å²) < 4.78 is 17.5. The number of hydrogen-bond donors (Lipinski definition) is 0. The van der Waals surface area contributed by atoms with E-state index in [-0.39, 0.29) is 40.0 Å². The lowest BCUT2D eigenvalue weighted by atomic mass is 9.33. The molecule has 5 rings (SSSR count). The van der Waals surface area contributed by atoms with Gasteiger partial charge in [-0.05, 0) is 109 Å². The van der Waals surface area contributed by atoms with Crippen molar-refractivity contribution in [3.63, 3.8) is 0 Å². The maximum absolute atomic E-state index is 13.8. The third-order valence-corrected chi connectivity index (χ3v) is 13.0. The highest BCUT2D eigenvalue weighted by Crippen LogP contribution is 2.76. The molecule has 4 aliphatic carbocycles. The second-order valence-corrected chi connectivity index (χ2v) is 14.9. The minimum absolute atomic E-state index is 0.0190. The van der Waals surface area contributed by atoms with Crippen LogP contribution in [0.15, 0.2) is 11.1 Å². The van der Waals surface area contributed by atoms with Crippen LogP contribution >= 0.6 is 0 Å². The summed E-state index contributed by atoms with van der Waals surface area (Å²) in [5.74, 6) is 0.815. The number of carbonyl (C=O) groups excluding carboxylic acids is 2. The molecule has 0 radical (unpaired) electrons. The SMILES string of the molecule is COC(=O)/C(=C1/CC[C@]2(C)[C@H](CC[C@@H]3[C@@H]4[C@H]5OC[C@@]4(CCC5(C)C)CC[C@]32C)[C@@]1(C)C(=O)OC)C(C)C. The Balaban J connectivity index is 1.62. The maximum Gasteiger partial charge on any atom is 0.333 e. The number of rotatable bonds is 3. The second-order valence-electron chi connectivity index (χ2n) is 14.9. The lowest BCUT2D eigenvalue weighted by Crippen LogP contribution is -2.66. The average Bonchev–Trinajstić information content (AvgIpc) is 3.19. The van der Waals surface area contributed by atoms with Crippen molar-refractivity contribution in [2.24, 2.45) is 50.7 Å². The molecule has 1 heterocycles. The predicted molar refractivity (Wildman–Crippen MR) is 144 cm³/mol. The highest BCUT2D eigenvalue weighted by Gasteiger charge is 2.72. The maximum atomic E-state index is 13.8. The molecule has 1 aliphatic heterocycles. The molecule has 0 N–H and O–H groups in total. The van der Waals surface area contributed by atoms with Crippen molar-refractivity contribution >= 4 is 11.9 Å². The van der Waals surface area contributed by atoms with Gasteiger partial charge in [0, 0.05) is 5.57 Å². The minimum Gasteiger partial charge on any atom is -0.468 e. The Bertz CT molecular complexity index is 1010. The summed E-state index contributed by atoms with van der Waals surface area (Å²) in [6.45, 7) is 16.9. The summed E-state index contributed by atoms with van der Waals surface area (Å²) in [6, 6.07) is 0. The fourth-order valence-electron chi connectivity index (χ4n) is 10.8. The summed E-state index contributed by atoms with van der Waals surface area (Å²) in [5.41, 5.74) is 1.45. The van der Waals surface area contributed by atoms with Crippen molar-refractivity contribution in [1.29, 1.82) is 0 Å². The molecular weight excluding hydrogens is 464 g/mol. The van der Waals surface area contributed by atoms with Crippen molar-refractivity contribution in [3.05, 3.63) is 11.1 Å². The Morgan fingerprint density at radius 1 is 0.892 bits per heavy atom. The van der Waals surface area contributed by atoms with Gasteiger partial charge in [-0.1, -0.05) is 41.5 Å². The van der Waals surface area contributed by atoms with E-state index in [2.05, 4.69) is 34.6 Å².